The van der Waals surface area contributed by atoms with E-state index in [9.17, 15) is 18.0 Å². The van der Waals surface area contributed by atoms with Gasteiger partial charge in [0, 0.05) is 6.42 Å². The lowest BCUT2D eigenvalue weighted by atomic mass is 10.2. The number of hydrogen-bond donors (Lipinski definition) is 3. The van der Waals surface area contributed by atoms with Crippen LogP contribution in [0.25, 0.3) is 0 Å². The van der Waals surface area contributed by atoms with Crippen LogP contribution in [0, 0.1) is 0 Å². The molecule has 0 amide bonds. The highest BCUT2D eigenvalue weighted by atomic mass is 32.2. The number of carboxylic acids is 2. The van der Waals surface area contributed by atoms with Crippen molar-refractivity contribution in [1.29, 1.82) is 0 Å². The second kappa shape index (κ2) is 4.91. The number of carbonyl (C=O) groups is 2. The molecule has 82 valence electrons. The molecule has 7 nitrogen and oxygen atoms in total. The van der Waals surface area contributed by atoms with Crippen LogP contribution < -0.4 is 4.72 Å². The fraction of sp³-hybridized carbons (Fsp3) is 0.667. The van der Waals surface area contributed by atoms with E-state index in [-0.39, 0.29) is 6.42 Å². The smallest absolute Gasteiger partial charge is 0.321 e. The zero-order chi connectivity index (χ0) is 11.4. The summed E-state index contributed by atoms with van der Waals surface area (Å²) >= 11 is 0. The van der Waals surface area contributed by atoms with Gasteiger partial charge in [-0.2, -0.15) is 0 Å². The van der Waals surface area contributed by atoms with Crippen molar-refractivity contribution in [2.24, 2.45) is 0 Å². The molecule has 0 heterocycles. The molecule has 0 bridgehead atoms. The predicted octanol–water partition coefficient (Wildman–Crippen LogP) is -1.15. The van der Waals surface area contributed by atoms with Gasteiger partial charge in [0.15, 0.2) is 0 Å². The highest BCUT2D eigenvalue weighted by Gasteiger charge is 2.21. The Hall–Kier alpha value is -1.15. The van der Waals surface area contributed by atoms with E-state index < -0.39 is 34.4 Å². The predicted molar refractivity (Wildman–Crippen MR) is 46.3 cm³/mol. The molecule has 0 fully saturated rings. The van der Waals surface area contributed by atoms with Crippen LogP contribution >= 0.6 is 0 Å². The average molecular weight is 225 g/mol. The lowest BCUT2D eigenvalue weighted by molar-refractivity contribution is -0.140. The second-order valence-corrected chi connectivity index (χ2v) is 4.49. The van der Waals surface area contributed by atoms with E-state index in [1.165, 1.54) is 0 Å². The lowest BCUT2D eigenvalue weighted by Crippen LogP contribution is -2.40. The maximum absolute atomic E-state index is 10.7. The Bertz CT molecular complexity index is 321. The van der Waals surface area contributed by atoms with E-state index in [4.69, 9.17) is 10.2 Å². The summed E-state index contributed by atoms with van der Waals surface area (Å²) in [6.07, 6.45) is 0.126. The van der Waals surface area contributed by atoms with E-state index in [0.717, 1.165) is 6.26 Å². The minimum absolute atomic E-state index is 0.280. The Morgan fingerprint density at radius 2 is 1.86 bits per heavy atom. The monoisotopic (exact) mass is 225 g/mol. The molecule has 14 heavy (non-hydrogen) atoms. The maximum atomic E-state index is 10.7. The summed E-state index contributed by atoms with van der Waals surface area (Å²) in [4.78, 5) is 20.6. The van der Waals surface area contributed by atoms with Crippen molar-refractivity contribution >= 4 is 22.0 Å². The van der Waals surface area contributed by atoms with Crippen LogP contribution in [0.15, 0.2) is 0 Å². The first kappa shape index (κ1) is 12.8. The molecule has 0 radical (unpaired) electrons. The highest BCUT2D eigenvalue weighted by molar-refractivity contribution is 7.88. The van der Waals surface area contributed by atoms with Crippen molar-refractivity contribution in [3.8, 4) is 0 Å². The molecule has 0 aromatic carbocycles. The quantitative estimate of drug-likeness (QED) is 0.525. The Balaban J connectivity index is 4.32. The zero-order valence-electron chi connectivity index (χ0n) is 7.43. The van der Waals surface area contributed by atoms with Gasteiger partial charge in [0.2, 0.25) is 10.0 Å². The molecule has 1 atom stereocenters. The minimum atomic E-state index is -3.64. The zero-order valence-corrected chi connectivity index (χ0v) is 8.24. The Morgan fingerprint density at radius 3 is 2.14 bits per heavy atom. The van der Waals surface area contributed by atoms with Gasteiger partial charge in [-0.25, -0.2) is 13.1 Å². The lowest BCUT2D eigenvalue weighted by Gasteiger charge is -2.10. The van der Waals surface area contributed by atoms with Crippen molar-refractivity contribution in [1.82, 2.24) is 4.72 Å². The summed E-state index contributed by atoms with van der Waals surface area (Å²) in [6, 6.07) is -1.39. The minimum Gasteiger partial charge on any atom is -0.481 e. The van der Waals surface area contributed by atoms with Crippen molar-refractivity contribution in [3.63, 3.8) is 0 Å². The molecule has 3 N–H and O–H groups in total. The summed E-state index contributed by atoms with van der Waals surface area (Å²) in [5.74, 6) is -2.57. The van der Waals surface area contributed by atoms with Gasteiger partial charge in [0.1, 0.15) is 6.04 Å². The second-order valence-electron chi connectivity index (χ2n) is 2.71. The van der Waals surface area contributed by atoms with E-state index >= 15 is 0 Å². The summed E-state index contributed by atoms with van der Waals surface area (Å²) in [5, 5.41) is 16.8. The molecule has 0 rings (SSSR count). The number of nitrogens with one attached hydrogen (secondary N) is 1. The fourth-order valence-electron chi connectivity index (χ4n) is 0.759. The molecule has 0 saturated carbocycles. The molecule has 0 spiro atoms. The van der Waals surface area contributed by atoms with Crippen LogP contribution in [0.2, 0.25) is 0 Å². The summed E-state index contributed by atoms with van der Waals surface area (Å²) in [6.45, 7) is 0. The third kappa shape index (κ3) is 6.38. The normalized spacial score (nSPS) is 13.5. The van der Waals surface area contributed by atoms with Crippen molar-refractivity contribution in [2.75, 3.05) is 6.26 Å². The molecule has 0 aliphatic rings. The maximum Gasteiger partial charge on any atom is 0.321 e. The Kier molecular flexibility index (Phi) is 4.51. The Labute approximate surface area is 80.8 Å². The number of sulfonamides is 1. The topological polar surface area (TPSA) is 121 Å². The first-order chi connectivity index (χ1) is 6.22. The van der Waals surface area contributed by atoms with Gasteiger partial charge < -0.3 is 10.2 Å². The van der Waals surface area contributed by atoms with Crippen LogP contribution in [-0.4, -0.2) is 42.9 Å². The van der Waals surface area contributed by atoms with E-state index in [1.54, 1.807) is 0 Å². The van der Waals surface area contributed by atoms with E-state index in [0.29, 0.717) is 0 Å². The third-order valence-electron chi connectivity index (χ3n) is 1.30. The highest BCUT2D eigenvalue weighted by Crippen LogP contribution is 1.99. The number of hydrogen-bond acceptors (Lipinski definition) is 4. The molecular formula is C6H11NO6S. The molecule has 0 aromatic rings. The van der Waals surface area contributed by atoms with Crippen LogP contribution in [-0.2, 0) is 19.6 Å². The van der Waals surface area contributed by atoms with Gasteiger partial charge in [-0.15, -0.1) is 0 Å². The molecular weight excluding hydrogens is 214 g/mol. The summed E-state index contributed by atoms with van der Waals surface area (Å²) < 4.78 is 23.2. The van der Waals surface area contributed by atoms with Gasteiger partial charge in [-0.1, -0.05) is 0 Å². The summed E-state index contributed by atoms with van der Waals surface area (Å²) in [7, 11) is -3.64. The van der Waals surface area contributed by atoms with Crippen LogP contribution in [0.4, 0.5) is 0 Å². The van der Waals surface area contributed by atoms with Gasteiger partial charge in [-0.3, -0.25) is 9.59 Å². The van der Waals surface area contributed by atoms with Gasteiger partial charge in [-0.05, 0) is 6.42 Å². The van der Waals surface area contributed by atoms with Gasteiger partial charge in [0.25, 0.3) is 0 Å². The molecule has 0 aromatic heterocycles. The van der Waals surface area contributed by atoms with Crippen LogP contribution in [0.5, 0.6) is 0 Å². The molecule has 0 unspecified atom stereocenters. The number of rotatable bonds is 6. The standard InChI is InChI=1S/C6H11NO6S/c1-14(12,13)7-4(6(10)11)2-3-5(8)9/h4,7H,2-3H2,1H3,(H,8,9)(H,10,11)/t4-/m1/s1. The van der Waals surface area contributed by atoms with Crippen LogP contribution in [0.3, 0.4) is 0 Å². The van der Waals surface area contributed by atoms with Crippen molar-refractivity contribution in [3.05, 3.63) is 0 Å². The van der Waals surface area contributed by atoms with Gasteiger partial charge in [0.05, 0.1) is 6.26 Å². The molecule has 0 saturated heterocycles. The summed E-state index contributed by atoms with van der Waals surface area (Å²) in [5.41, 5.74) is 0. The van der Waals surface area contributed by atoms with Gasteiger partial charge >= 0.3 is 11.9 Å². The largest absolute Gasteiger partial charge is 0.481 e. The fourth-order valence-corrected chi connectivity index (χ4v) is 1.49. The third-order valence-corrected chi connectivity index (χ3v) is 2.01. The molecule has 0 aliphatic carbocycles. The molecule has 8 heteroatoms. The average Bonchev–Trinajstić information content (AvgIpc) is 1.94. The van der Waals surface area contributed by atoms with Crippen LogP contribution in [0.1, 0.15) is 12.8 Å². The number of aliphatic carboxylic acids is 2. The van der Waals surface area contributed by atoms with Crippen molar-refractivity contribution < 1.29 is 28.2 Å². The molecule has 0 aliphatic heterocycles. The van der Waals surface area contributed by atoms with Crippen molar-refractivity contribution in [2.45, 2.75) is 18.9 Å². The SMILES string of the molecule is CS(=O)(=O)N[C@H](CCC(=O)O)C(=O)O. The first-order valence-electron chi connectivity index (χ1n) is 3.64. The van der Waals surface area contributed by atoms with E-state index in [1.807, 2.05) is 4.72 Å². The Morgan fingerprint density at radius 1 is 1.36 bits per heavy atom. The first-order valence-corrected chi connectivity index (χ1v) is 5.53. The number of carboxylic acid groups (broad SMARTS) is 2. The van der Waals surface area contributed by atoms with E-state index in [2.05, 4.69) is 0 Å².